The number of aromatic nitrogens is 4. The first kappa shape index (κ1) is 16.5. The summed E-state index contributed by atoms with van der Waals surface area (Å²) in [6.07, 6.45) is 3.45. The van der Waals surface area contributed by atoms with E-state index < -0.39 is 0 Å². The Morgan fingerprint density at radius 1 is 1.08 bits per heavy atom. The van der Waals surface area contributed by atoms with Crippen molar-refractivity contribution in [3.8, 4) is 11.4 Å². The number of anilines is 1. The van der Waals surface area contributed by atoms with Crippen LogP contribution in [0.1, 0.15) is 19.4 Å². The van der Waals surface area contributed by atoms with E-state index in [1.807, 2.05) is 36.4 Å². The molecule has 0 radical (unpaired) electrons. The normalized spacial score (nSPS) is 15.9. The number of amides is 1. The van der Waals surface area contributed by atoms with Gasteiger partial charge in [-0.2, -0.15) is 9.78 Å². The number of nitrogens with zero attached hydrogens (tertiary/aromatic N) is 5. The third kappa shape index (κ3) is 3.11. The Morgan fingerprint density at radius 2 is 1.81 bits per heavy atom. The molecule has 1 atom stereocenters. The number of thioether (sulfide) groups is 1. The van der Waals surface area contributed by atoms with Crippen molar-refractivity contribution in [3.63, 3.8) is 0 Å². The predicted octanol–water partition coefficient (Wildman–Crippen LogP) is 3.05. The maximum Gasteiger partial charge on any atom is 0.221 e. The smallest absolute Gasteiger partial charge is 0.221 e. The molecule has 0 bridgehead atoms. The van der Waals surface area contributed by atoms with Crippen LogP contribution in [-0.2, 0) is 4.79 Å². The van der Waals surface area contributed by atoms with Crippen molar-refractivity contribution in [1.82, 2.24) is 19.9 Å². The van der Waals surface area contributed by atoms with E-state index in [1.54, 1.807) is 28.8 Å². The molecule has 4 rings (SSSR count). The summed E-state index contributed by atoms with van der Waals surface area (Å²) in [5.41, 5.74) is 3.62. The van der Waals surface area contributed by atoms with Gasteiger partial charge < -0.3 is 5.32 Å². The molecule has 1 aromatic carbocycles. The van der Waals surface area contributed by atoms with E-state index in [0.29, 0.717) is 5.82 Å². The zero-order valence-electron chi connectivity index (χ0n) is 14.2. The molecule has 0 aliphatic carbocycles. The molecule has 0 unspecified atom stereocenters. The number of fused-ring (bicyclic) bond motifs is 1. The average Bonchev–Trinajstić information content (AvgIpc) is 3.05. The summed E-state index contributed by atoms with van der Waals surface area (Å²) in [5, 5.41) is 17.0. The number of hydrogen-bond acceptors (Lipinski definition) is 6. The van der Waals surface area contributed by atoms with Gasteiger partial charge in [0.1, 0.15) is 0 Å². The lowest BCUT2D eigenvalue weighted by Gasteiger charge is -2.20. The van der Waals surface area contributed by atoms with Gasteiger partial charge in [0.05, 0.1) is 11.0 Å². The second-order valence-corrected chi connectivity index (χ2v) is 7.17. The van der Waals surface area contributed by atoms with Crippen molar-refractivity contribution < 1.29 is 4.79 Å². The van der Waals surface area contributed by atoms with Gasteiger partial charge in [-0.3, -0.25) is 9.78 Å². The summed E-state index contributed by atoms with van der Waals surface area (Å²) in [5.74, 6) is 0.599. The number of benzene rings is 1. The lowest BCUT2D eigenvalue weighted by Crippen LogP contribution is -2.21. The van der Waals surface area contributed by atoms with Crippen LogP contribution in [0.25, 0.3) is 11.4 Å². The SMILES string of the molecule is CC(=O)Nc1ccc(C2=Nn3c(nnc3-c3ccncc3)S[C@@H]2C)cc1. The number of nitrogens with one attached hydrogen (secondary N) is 1. The zero-order chi connectivity index (χ0) is 18.1. The van der Waals surface area contributed by atoms with Gasteiger partial charge in [-0.25, -0.2) is 0 Å². The maximum absolute atomic E-state index is 11.2. The minimum Gasteiger partial charge on any atom is -0.326 e. The molecule has 7 nitrogen and oxygen atoms in total. The van der Waals surface area contributed by atoms with Crippen LogP contribution in [0.3, 0.4) is 0 Å². The first-order valence-electron chi connectivity index (χ1n) is 8.11. The van der Waals surface area contributed by atoms with Crippen LogP contribution in [0.4, 0.5) is 5.69 Å². The summed E-state index contributed by atoms with van der Waals surface area (Å²) in [7, 11) is 0. The van der Waals surface area contributed by atoms with Crippen molar-refractivity contribution in [2.75, 3.05) is 5.32 Å². The lowest BCUT2D eigenvalue weighted by molar-refractivity contribution is -0.114. The number of hydrogen-bond donors (Lipinski definition) is 1. The molecule has 0 saturated heterocycles. The van der Waals surface area contributed by atoms with Crippen LogP contribution in [0, 0.1) is 0 Å². The molecule has 3 heterocycles. The van der Waals surface area contributed by atoms with Gasteiger partial charge in [-0.1, -0.05) is 23.9 Å². The van der Waals surface area contributed by atoms with Gasteiger partial charge in [0, 0.05) is 30.6 Å². The van der Waals surface area contributed by atoms with Crippen LogP contribution < -0.4 is 5.32 Å². The van der Waals surface area contributed by atoms with Crippen molar-refractivity contribution in [3.05, 3.63) is 54.4 Å². The zero-order valence-corrected chi connectivity index (χ0v) is 15.1. The topological polar surface area (TPSA) is 85.1 Å². The first-order valence-corrected chi connectivity index (χ1v) is 8.99. The minimum absolute atomic E-state index is 0.0900. The molecule has 0 fully saturated rings. The fourth-order valence-electron chi connectivity index (χ4n) is 2.73. The highest BCUT2D eigenvalue weighted by Crippen LogP contribution is 2.32. The summed E-state index contributed by atoms with van der Waals surface area (Å²) in [6.45, 7) is 3.58. The lowest BCUT2D eigenvalue weighted by atomic mass is 10.1. The van der Waals surface area contributed by atoms with Gasteiger partial charge in [-0.15, -0.1) is 10.2 Å². The Bertz CT molecular complexity index is 981. The van der Waals surface area contributed by atoms with Crippen molar-refractivity contribution in [1.29, 1.82) is 0 Å². The number of rotatable bonds is 3. The highest BCUT2D eigenvalue weighted by Gasteiger charge is 2.26. The molecule has 0 spiro atoms. The summed E-state index contributed by atoms with van der Waals surface area (Å²) >= 11 is 1.62. The van der Waals surface area contributed by atoms with Crippen LogP contribution in [-0.4, -0.2) is 36.7 Å². The molecular weight excluding hydrogens is 348 g/mol. The monoisotopic (exact) mass is 364 g/mol. The summed E-state index contributed by atoms with van der Waals surface area (Å²) < 4.78 is 1.77. The Kier molecular flexibility index (Phi) is 4.26. The van der Waals surface area contributed by atoms with Crippen LogP contribution in [0.2, 0.25) is 0 Å². The summed E-state index contributed by atoms with van der Waals surface area (Å²) in [6, 6.07) is 11.4. The first-order chi connectivity index (χ1) is 12.6. The number of pyridine rings is 1. The van der Waals surface area contributed by atoms with Crippen LogP contribution in [0.15, 0.2) is 59.0 Å². The Labute approximate surface area is 154 Å². The van der Waals surface area contributed by atoms with Crippen LogP contribution in [0.5, 0.6) is 0 Å². The van der Waals surface area contributed by atoms with Gasteiger partial charge in [0.25, 0.3) is 0 Å². The minimum atomic E-state index is -0.0900. The van der Waals surface area contributed by atoms with Crippen molar-refractivity contribution in [2.45, 2.75) is 24.3 Å². The predicted molar refractivity (Wildman–Crippen MR) is 101 cm³/mol. The van der Waals surface area contributed by atoms with E-state index in [9.17, 15) is 4.79 Å². The van der Waals surface area contributed by atoms with E-state index in [2.05, 4.69) is 27.4 Å². The van der Waals surface area contributed by atoms with Gasteiger partial charge in [0.2, 0.25) is 11.1 Å². The molecule has 3 aromatic rings. The van der Waals surface area contributed by atoms with E-state index in [4.69, 9.17) is 5.10 Å². The molecule has 8 heteroatoms. The fourth-order valence-corrected chi connectivity index (χ4v) is 3.66. The molecule has 1 aliphatic rings. The van der Waals surface area contributed by atoms with E-state index in [0.717, 1.165) is 27.7 Å². The quantitative estimate of drug-likeness (QED) is 0.772. The third-order valence-electron chi connectivity index (χ3n) is 3.93. The molecule has 1 N–H and O–H groups in total. The fraction of sp³-hybridized carbons (Fsp3) is 0.167. The number of carbonyl (C=O) groups is 1. The Balaban J connectivity index is 1.72. The highest BCUT2D eigenvalue weighted by atomic mass is 32.2. The van der Waals surface area contributed by atoms with Gasteiger partial charge in [0.15, 0.2) is 5.82 Å². The number of carbonyl (C=O) groups excluding carboxylic acids is 1. The van der Waals surface area contributed by atoms with E-state index in [1.165, 1.54) is 6.92 Å². The molecular formula is C18H16N6OS. The van der Waals surface area contributed by atoms with Gasteiger partial charge in [-0.05, 0) is 36.8 Å². The second kappa shape index (κ2) is 6.72. The highest BCUT2D eigenvalue weighted by molar-refractivity contribution is 8.00. The molecule has 0 saturated carbocycles. The van der Waals surface area contributed by atoms with E-state index >= 15 is 0 Å². The molecule has 1 aliphatic heterocycles. The maximum atomic E-state index is 11.2. The molecule has 1 amide bonds. The Hall–Kier alpha value is -3.00. The molecule has 2 aromatic heterocycles. The standard InChI is InChI=1S/C18H16N6OS/c1-11-16(13-3-5-15(6-4-13)20-12(2)25)23-24-17(21-22-18(24)26-11)14-7-9-19-10-8-14/h3-11H,1-2H3,(H,20,25)/t11-/m1/s1. The average molecular weight is 364 g/mol. The summed E-state index contributed by atoms with van der Waals surface area (Å²) in [4.78, 5) is 15.2. The van der Waals surface area contributed by atoms with Crippen LogP contribution >= 0.6 is 11.8 Å². The van der Waals surface area contributed by atoms with Crippen molar-refractivity contribution in [2.24, 2.45) is 5.10 Å². The molecule has 26 heavy (non-hydrogen) atoms. The van der Waals surface area contributed by atoms with Crippen molar-refractivity contribution >= 4 is 29.1 Å². The third-order valence-corrected chi connectivity index (χ3v) is 4.97. The second-order valence-electron chi connectivity index (χ2n) is 5.86. The largest absolute Gasteiger partial charge is 0.326 e. The molecule has 130 valence electrons. The van der Waals surface area contributed by atoms with E-state index in [-0.39, 0.29) is 11.2 Å². The Morgan fingerprint density at radius 3 is 2.50 bits per heavy atom. The van der Waals surface area contributed by atoms with Gasteiger partial charge >= 0.3 is 0 Å².